The largest absolute Gasteiger partial charge is 0.466 e. The Morgan fingerprint density at radius 3 is 1.60 bits per heavy atom. The highest BCUT2D eigenvalue weighted by molar-refractivity contribution is 5.75. The van der Waals surface area contributed by atoms with Crippen LogP contribution in [0.1, 0.15) is 214 Å². The fourth-order valence-electron chi connectivity index (χ4n) is 6.22. The standard InChI is InChI=1S/C40H78O5/c1-6-9-12-13-14-17-25-34-44-38(42)32-23-16-15-21-30-37(41)31-22-18-24-33-40(4,5)39(43)45-35-26-29-36(27-19-10-7-2)28-20-11-8-3/h36-37,41H,6-35H2,1-5H3. The molecule has 0 bridgehead atoms. The second-order valence-electron chi connectivity index (χ2n) is 14.6. The van der Waals surface area contributed by atoms with Gasteiger partial charge in [0.1, 0.15) is 0 Å². The molecule has 1 unspecified atom stereocenters. The number of aliphatic hydroxyl groups excluding tert-OH is 1. The molecule has 1 N–H and O–H groups in total. The normalized spacial score (nSPS) is 12.5. The predicted molar refractivity (Wildman–Crippen MR) is 191 cm³/mol. The average molecular weight is 639 g/mol. The van der Waals surface area contributed by atoms with Gasteiger partial charge in [0.2, 0.25) is 0 Å². The first-order chi connectivity index (χ1) is 21.8. The Balaban J connectivity index is 3.80. The van der Waals surface area contributed by atoms with Gasteiger partial charge in [-0.15, -0.1) is 0 Å². The first-order valence-electron chi connectivity index (χ1n) is 19.8. The third-order valence-corrected chi connectivity index (χ3v) is 9.49. The van der Waals surface area contributed by atoms with Gasteiger partial charge in [-0.2, -0.15) is 0 Å². The summed E-state index contributed by atoms with van der Waals surface area (Å²) < 4.78 is 11.1. The molecule has 0 radical (unpaired) electrons. The summed E-state index contributed by atoms with van der Waals surface area (Å²) in [5.41, 5.74) is -0.444. The van der Waals surface area contributed by atoms with Crippen molar-refractivity contribution < 1.29 is 24.2 Å². The van der Waals surface area contributed by atoms with E-state index in [0.29, 0.717) is 19.6 Å². The second kappa shape index (κ2) is 31.5. The van der Waals surface area contributed by atoms with E-state index in [0.717, 1.165) is 89.4 Å². The maximum Gasteiger partial charge on any atom is 0.311 e. The molecule has 0 amide bonds. The Hall–Kier alpha value is -1.10. The molecule has 268 valence electrons. The van der Waals surface area contributed by atoms with Crippen LogP contribution < -0.4 is 0 Å². The van der Waals surface area contributed by atoms with Gasteiger partial charge in [0.05, 0.1) is 24.7 Å². The van der Waals surface area contributed by atoms with Crippen molar-refractivity contribution in [1.82, 2.24) is 0 Å². The molecule has 0 heterocycles. The third-order valence-electron chi connectivity index (χ3n) is 9.49. The lowest BCUT2D eigenvalue weighted by Crippen LogP contribution is -2.27. The lowest BCUT2D eigenvalue weighted by atomic mass is 9.86. The molecule has 0 aliphatic carbocycles. The van der Waals surface area contributed by atoms with Crippen LogP contribution in [0.2, 0.25) is 0 Å². The summed E-state index contributed by atoms with van der Waals surface area (Å²) in [5, 5.41) is 10.4. The summed E-state index contributed by atoms with van der Waals surface area (Å²) in [4.78, 5) is 24.6. The zero-order chi connectivity index (χ0) is 33.4. The molecule has 5 nitrogen and oxygen atoms in total. The molecule has 0 aromatic heterocycles. The molecule has 5 heteroatoms. The van der Waals surface area contributed by atoms with Crippen LogP contribution in [0.4, 0.5) is 0 Å². The molecule has 45 heavy (non-hydrogen) atoms. The number of carbonyl (C=O) groups excluding carboxylic acids is 2. The van der Waals surface area contributed by atoms with Crippen molar-refractivity contribution in [2.24, 2.45) is 11.3 Å². The molecule has 0 spiro atoms. The topological polar surface area (TPSA) is 72.8 Å². The Morgan fingerprint density at radius 1 is 0.533 bits per heavy atom. The minimum atomic E-state index is -0.444. The van der Waals surface area contributed by atoms with Gasteiger partial charge in [0.15, 0.2) is 0 Å². The van der Waals surface area contributed by atoms with E-state index >= 15 is 0 Å². The van der Waals surface area contributed by atoms with Crippen LogP contribution >= 0.6 is 0 Å². The molecule has 0 aromatic carbocycles. The van der Waals surface area contributed by atoms with Gasteiger partial charge in [-0.25, -0.2) is 0 Å². The number of ether oxygens (including phenoxy) is 2. The number of esters is 2. The van der Waals surface area contributed by atoms with Crippen LogP contribution in [0.3, 0.4) is 0 Å². The summed E-state index contributed by atoms with van der Waals surface area (Å²) in [6, 6.07) is 0. The highest BCUT2D eigenvalue weighted by atomic mass is 16.5. The smallest absolute Gasteiger partial charge is 0.311 e. The van der Waals surface area contributed by atoms with Gasteiger partial charge in [-0.05, 0) is 64.7 Å². The molecular weight excluding hydrogens is 560 g/mol. The van der Waals surface area contributed by atoms with E-state index in [-0.39, 0.29) is 18.0 Å². The fraction of sp³-hybridized carbons (Fsp3) is 0.950. The van der Waals surface area contributed by atoms with Crippen molar-refractivity contribution >= 4 is 11.9 Å². The van der Waals surface area contributed by atoms with Gasteiger partial charge >= 0.3 is 11.9 Å². The van der Waals surface area contributed by atoms with Crippen molar-refractivity contribution in [3.8, 4) is 0 Å². The van der Waals surface area contributed by atoms with Crippen LogP contribution in [0.15, 0.2) is 0 Å². The van der Waals surface area contributed by atoms with Crippen molar-refractivity contribution in [1.29, 1.82) is 0 Å². The Labute approximate surface area is 280 Å². The number of carbonyl (C=O) groups is 2. The monoisotopic (exact) mass is 639 g/mol. The SMILES string of the molecule is CCCCCCCCCOC(=O)CCCCCCC(O)CCCCCC(C)(C)C(=O)OCCCC(CCCCC)CCCCC. The van der Waals surface area contributed by atoms with E-state index in [4.69, 9.17) is 9.47 Å². The summed E-state index contributed by atoms with van der Waals surface area (Å²) in [6.45, 7) is 11.9. The number of hydrogen-bond donors (Lipinski definition) is 1. The van der Waals surface area contributed by atoms with E-state index in [1.54, 1.807) is 0 Å². The number of unbranched alkanes of at least 4 members (excludes halogenated alkanes) is 15. The first kappa shape index (κ1) is 43.9. The van der Waals surface area contributed by atoms with Crippen LogP contribution in [0, 0.1) is 11.3 Å². The second-order valence-corrected chi connectivity index (χ2v) is 14.6. The Morgan fingerprint density at radius 2 is 0.978 bits per heavy atom. The van der Waals surface area contributed by atoms with E-state index in [1.807, 2.05) is 13.8 Å². The van der Waals surface area contributed by atoms with Crippen LogP contribution in [0.25, 0.3) is 0 Å². The maximum atomic E-state index is 12.8. The van der Waals surface area contributed by atoms with Gasteiger partial charge in [-0.3, -0.25) is 9.59 Å². The van der Waals surface area contributed by atoms with E-state index in [9.17, 15) is 14.7 Å². The van der Waals surface area contributed by atoms with Gasteiger partial charge in [0.25, 0.3) is 0 Å². The van der Waals surface area contributed by atoms with E-state index in [2.05, 4.69) is 20.8 Å². The number of rotatable bonds is 34. The first-order valence-corrected chi connectivity index (χ1v) is 19.8. The van der Waals surface area contributed by atoms with Gasteiger partial charge in [-0.1, -0.05) is 149 Å². The third kappa shape index (κ3) is 28.8. The minimum absolute atomic E-state index is 0.0579. The molecule has 0 aliphatic rings. The number of aliphatic hydroxyl groups is 1. The van der Waals surface area contributed by atoms with E-state index < -0.39 is 5.41 Å². The van der Waals surface area contributed by atoms with Gasteiger partial charge < -0.3 is 14.6 Å². The minimum Gasteiger partial charge on any atom is -0.466 e. The predicted octanol–water partition coefficient (Wildman–Crippen LogP) is 12.1. The summed E-state index contributed by atoms with van der Waals surface area (Å²) >= 11 is 0. The van der Waals surface area contributed by atoms with Crippen LogP contribution in [-0.2, 0) is 19.1 Å². The lowest BCUT2D eigenvalue weighted by molar-refractivity contribution is -0.154. The molecule has 0 saturated carbocycles. The molecule has 0 fully saturated rings. The zero-order valence-corrected chi connectivity index (χ0v) is 30.9. The quantitative estimate of drug-likeness (QED) is 0.0561. The van der Waals surface area contributed by atoms with Crippen LogP contribution in [0.5, 0.6) is 0 Å². The maximum absolute atomic E-state index is 12.8. The van der Waals surface area contributed by atoms with Crippen molar-refractivity contribution in [2.45, 2.75) is 221 Å². The Kier molecular flexibility index (Phi) is 30.7. The lowest BCUT2D eigenvalue weighted by Gasteiger charge is -2.23. The highest BCUT2D eigenvalue weighted by Gasteiger charge is 2.28. The summed E-state index contributed by atoms with van der Waals surface area (Å²) in [5.74, 6) is 0.666. The van der Waals surface area contributed by atoms with Gasteiger partial charge in [0, 0.05) is 6.42 Å². The molecule has 0 rings (SSSR count). The summed E-state index contributed by atoms with van der Waals surface area (Å²) in [7, 11) is 0. The zero-order valence-electron chi connectivity index (χ0n) is 30.9. The molecule has 0 saturated heterocycles. The van der Waals surface area contributed by atoms with E-state index in [1.165, 1.54) is 89.9 Å². The molecule has 0 aromatic rings. The summed E-state index contributed by atoms with van der Waals surface area (Å²) in [6.07, 6.45) is 31.0. The van der Waals surface area contributed by atoms with Crippen LogP contribution in [-0.4, -0.2) is 36.4 Å². The van der Waals surface area contributed by atoms with Crippen molar-refractivity contribution in [3.05, 3.63) is 0 Å². The number of hydrogen-bond acceptors (Lipinski definition) is 5. The average Bonchev–Trinajstić information content (AvgIpc) is 3.01. The Bertz CT molecular complexity index is 651. The van der Waals surface area contributed by atoms with Crippen molar-refractivity contribution in [3.63, 3.8) is 0 Å². The molecular formula is C40H78O5. The fourth-order valence-corrected chi connectivity index (χ4v) is 6.22. The highest BCUT2D eigenvalue weighted by Crippen LogP contribution is 2.27. The van der Waals surface area contributed by atoms with Crippen molar-refractivity contribution in [2.75, 3.05) is 13.2 Å². The molecule has 0 aliphatic heterocycles. The molecule has 1 atom stereocenters.